The van der Waals surface area contributed by atoms with Crippen molar-refractivity contribution in [2.24, 2.45) is 5.41 Å². The fourth-order valence-electron chi connectivity index (χ4n) is 2.72. The van der Waals surface area contributed by atoms with Gasteiger partial charge in [0.2, 0.25) is 10.0 Å². The molecule has 1 aromatic heterocycles. The van der Waals surface area contributed by atoms with E-state index in [1.807, 2.05) is 0 Å². The number of rotatable bonds is 3. The Labute approximate surface area is 121 Å². The summed E-state index contributed by atoms with van der Waals surface area (Å²) in [5.74, 6) is 0.0653. The summed E-state index contributed by atoms with van der Waals surface area (Å²) < 4.78 is 26.7. The quantitative estimate of drug-likeness (QED) is 0.928. The van der Waals surface area contributed by atoms with Crippen LogP contribution < -0.4 is 5.73 Å². The molecule has 2 rings (SSSR count). The van der Waals surface area contributed by atoms with Crippen LogP contribution in [0.2, 0.25) is 0 Å². The minimum absolute atomic E-state index is 0.0487. The number of aromatic nitrogens is 1. The highest BCUT2D eigenvalue weighted by Gasteiger charge is 2.34. The van der Waals surface area contributed by atoms with Crippen LogP contribution in [0.4, 0.5) is 5.82 Å². The fourth-order valence-corrected chi connectivity index (χ4v) is 4.20. The van der Waals surface area contributed by atoms with E-state index in [2.05, 4.69) is 18.8 Å². The van der Waals surface area contributed by atoms with Crippen LogP contribution >= 0.6 is 0 Å². The van der Waals surface area contributed by atoms with Crippen LogP contribution in [0.5, 0.6) is 0 Å². The van der Waals surface area contributed by atoms with E-state index in [-0.39, 0.29) is 16.8 Å². The lowest BCUT2D eigenvalue weighted by Crippen LogP contribution is -2.41. The fraction of sp³-hybridized carbons (Fsp3) is 0.643. The summed E-state index contributed by atoms with van der Waals surface area (Å²) in [5.41, 5.74) is 6.01. The molecule has 1 aliphatic carbocycles. The molecule has 1 aliphatic rings. The largest absolute Gasteiger partial charge is 0.383 e. The van der Waals surface area contributed by atoms with Gasteiger partial charge in [-0.05, 0) is 43.2 Å². The Morgan fingerprint density at radius 3 is 2.50 bits per heavy atom. The van der Waals surface area contributed by atoms with E-state index >= 15 is 0 Å². The molecule has 20 heavy (non-hydrogen) atoms. The van der Waals surface area contributed by atoms with E-state index in [1.165, 1.54) is 16.6 Å². The number of nitrogen functional groups attached to an aromatic ring is 1. The molecular weight excluding hydrogens is 274 g/mol. The normalized spacial score (nSPS) is 20.2. The van der Waals surface area contributed by atoms with Crippen molar-refractivity contribution in [3.05, 3.63) is 18.3 Å². The van der Waals surface area contributed by atoms with Gasteiger partial charge in [0, 0.05) is 19.3 Å². The van der Waals surface area contributed by atoms with Gasteiger partial charge in [0.25, 0.3) is 0 Å². The lowest BCUT2D eigenvalue weighted by atomic mass is 9.76. The van der Waals surface area contributed by atoms with E-state index in [9.17, 15) is 8.42 Å². The first kappa shape index (κ1) is 15.3. The van der Waals surface area contributed by atoms with Crippen molar-refractivity contribution in [1.29, 1.82) is 0 Å². The standard InChI is InChI=1S/C14H23N3O2S/c1-14(2)8-6-11(7-9-14)17(3)20(18,19)12-5-4-10-16-13(12)15/h4-5,10-11H,6-9H2,1-3H3,(H2,15,16). The summed E-state index contributed by atoms with van der Waals surface area (Å²) in [6, 6.07) is 3.16. The zero-order valence-electron chi connectivity index (χ0n) is 12.3. The summed E-state index contributed by atoms with van der Waals surface area (Å²) in [5, 5.41) is 0. The second kappa shape index (κ2) is 5.33. The van der Waals surface area contributed by atoms with Crippen LogP contribution in [-0.4, -0.2) is 30.8 Å². The van der Waals surface area contributed by atoms with E-state index in [4.69, 9.17) is 5.73 Å². The van der Waals surface area contributed by atoms with E-state index in [0.717, 1.165) is 25.7 Å². The zero-order chi connectivity index (χ0) is 15.0. The topological polar surface area (TPSA) is 76.3 Å². The highest BCUT2D eigenvalue weighted by Crippen LogP contribution is 2.38. The molecule has 0 saturated heterocycles. The van der Waals surface area contributed by atoms with Crippen molar-refractivity contribution in [2.45, 2.75) is 50.5 Å². The third kappa shape index (κ3) is 2.96. The first-order valence-electron chi connectivity index (χ1n) is 6.92. The van der Waals surface area contributed by atoms with Gasteiger partial charge < -0.3 is 5.73 Å². The Morgan fingerprint density at radius 1 is 1.35 bits per heavy atom. The van der Waals surface area contributed by atoms with Crippen molar-refractivity contribution in [3.8, 4) is 0 Å². The van der Waals surface area contributed by atoms with Gasteiger partial charge in [0.05, 0.1) is 0 Å². The minimum atomic E-state index is -3.56. The van der Waals surface area contributed by atoms with Crippen molar-refractivity contribution < 1.29 is 8.42 Å². The third-order valence-corrected chi connectivity index (χ3v) is 6.24. The first-order chi connectivity index (χ1) is 9.24. The molecule has 112 valence electrons. The van der Waals surface area contributed by atoms with E-state index in [1.54, 1.807) is 13.1 Å². The van der Waals surface area contributed by atoms with Gasteiger partial charge in [-0.1, -0.05) is 13.8 Å². The molecule has 0 atom stereocenters. The lowest BCUT2D eigenvalue weighted by molar-refractivity contribution is 0.174. The van der Waals surface area contributed by atoms with Crippen LogP contribution in [0.1, 0.15) is 39.5 Å². The van der Waals surface area contributed by atoms with Crippen molar-refractivity contribution in [2.75, 3.05) is 12.8 Å². The highest BCUT2D eigenvalue weighted by atomic mass is 32.2. The van der Waals surface area contributed by atoms with Crippen molar-refractivity contribution in [3.63, 3.8) is 0 Å². The van der Waals surface area contributed by atoms with E-state index < -0.39 is 10.0 Å². The predicted molar refractivity (Wildman–Crippen MR) is 79.6 cm³/mol. The van der Waals surface area contributed by atoms with Gasteiger partial charge in [-0.2, -0.15) is 4.31 Å². The molecule has 5 nitrogen and oxygen atoms in total. The van der Waals surface area contributed by atoms with Crippen LogP contribution in [0.25, 0.3) is 0 Å². The molecule has 2 N–H and O–H groups in total. The van der Waals surface area contributed by atoms with Crippen molar-refractivity contribution >= 4 is 15.8 Å². The number of anilines is 1. The Kier molecular flexibility index (Phi) is 4.07. The van der Waals surface area contributed by atoms with Crippen LogP contribution in [0, 0.1) is 5.41 Å². The second-order valence-electron chi connectivity index (χ2n) is 6.30. The van der Waals surface area contributed by atoms with Crippen LogP contribution in [-0.2, 0) is 10.0 Å². The van der Waals surface area contributed by atoms with Gasteiger partial charge in [-0.25, -0.2) is 13.4 Å². The molecule has 0 aromatic carbocycles. The van der Waals surface area contributed by atoms with Gasteiger partial charge in [-0.15, -0.1) is 0 Å². The molecular formula is C14H23N3O2S. The maximum absolute atomic E-state index is 12.6. The summed E-state index contributed by atoms with van der Waals surface area (Å²) in [6.45, 7) is 4.47. The molecule has 0 bridgehead atoms. The van der Waals surface area contributed by atoms with Crippen molar-refractivity contribution in [1.82, 2.24) is 9.29 Å². The van der Waals surface area contributed by atoms with Crippen LogP contribution in [0.15, 0.2) is 23.2 Å². The molecule has 1 fully saturated rings. The lowest BCUT2D eigenvalue weighted by Gasteiger charge is -2.38. The molecule has 0 unspecified atom stereocenters. The van der Waals surface area contributed by atoms with Gasteiger partial charge in [0.15, 0.2) is 0 Å². The number of pyridine rings is 1. The summed E-state index contributed by atoms with van der Waals surface area (Å²) in [6.07, 6.45) is 5.36. The summed E-state index contributed by atoms with van der Waals surface area (Å²) >= 11 is 0. The molecule has 0 amide bonds. The first-order valence-corrected chi connectivity index (χ1v) is 8.36. The average molecular weight is 297 g/mol. The van der Waals surface area contributed by atoms with Gasteiger partial charge >= 0.3 is 0 Å². The molecule has 0 radical (unpaired) electrons. The Balaban J connectivity index is 2.21. The average Bonchev–Trinajstić information content (AvgIpc) is 2.38. The number of nitrogens with zero attached hydrogens (tertiary/aromatic N) is 2. The Hall–Kier alpha value is -1.14. The summed E-state index contributed by atoms with van der Waals surface area (Å²) in [4.78, 5) is 3.97. The van der Waals surface area contributed by atoms with Gasteiger partial charge in [0.1, 0.15) is 10.7 Å². The number of hydrogen-bond donors (Lipinski definition) is 1. The third-order valence-electron chi connectivity index (χ3n) is 4.28. The Morgan fingerprint density at radius 2 is 1.95 bits per heavy atom. The molecule has 1 aromatic rings. The summed E-state index contributed by atoms with van der Waals surface area (Å²) in [7, 11) is -1.92. The molecule has 0 aliphatic heterocycles. The predicted octanol–water partition coefficient (Wildman–Crippen LogP) is 2.25. The van der Waals surface area contributed by atoms with Crippen LogP contribution in [0.3, 0.4) is 0 Å². The molecule has 1 saturated carbocycles. The minimum Gasteiger partial charge on any atom is -0.383 e. The second-order valence-corrected chi connectivity index (χ2v) is 8.27. The molecule has 6 heteroatoms. The zero-order valence-corrected chi connectivity index (χ0v) is 13.2. The number of nitrogens with two attached hydrogens (primary N) is 1. The Bertz CT molecular complexity index is 574. The monoisotopic (exact) mass is 297 g/mol. The maximum Gasteiger partial charge on any atom is 0.246 e. The molecule has 1 heterocycles. The SMILES string of the molecule is CN(C1CCC(C)(C)CC1)S(=O)(=O)c1cccnc1N. The highest BCUT2D eigenvalue weighted by molar-refractivity contribution is 7.89. The van der Waals surface area contributed by atoms with E-state index in [0.29, 0.717) is 5.41 Å². The number of sulfonamides is 1. The van der Waals surface area contributed by atoms with Gasteiger partial charge in [-0.3, -0.25) is 0 Å². The number of hydrogen-bond acceptors (Lipinski definition) is 4. The maximum atomic E-state index is 12.6. The molecule has 0 spiro atoms. The smallest absolute Gasteiger partial charge is 0.246 e.